The molecule has 0 radical (unpaired) electrons. The highest BCUT2D eigenvalue weighted by atomic mass is 127. The molecule has 0 bridgehead atoms. The first-order valence-electron chi connectivity index (χ1n) is 5.54. The van der Waals surface area contributed by atoms with Crippen molar-refractivity contribution in [2.75, 3.05) is 6.61 Å². The highest BCUT2D eigenvalue weighted by molar-refractivity contribution is 14.1. The third-order valence-corrected chi connectivity index (χ3v) is 4.14. The summed E-state index contributed by atoms with van der Waals surface area (Å²) in [5.41, 5.74) is 0.0188. The van der Waals surface area contributed by atoms with Crippen molar-refractivity contribution in [3.63, 3.8) is 0 Å². The van der Waals surface area contributed by atoms with Crippen molar-refractivity contribution < 1.29 is 40.1 Å². The van der Waals surface area contributed by atoms with E-state index < -0.39 is 40.3 Å². The van der Waals surface area contributed by atoms with Crippen LogP contribution in [0, 0.1) is 3.57 Å². The average molecular weight is 456 g/mol. The van der Waals surface area contributed by atoms with Crippen LogP contribution in [0.2, 0.25) is 0 Å². The molecule has 0 heterocycles. The Kier molecular flexibility index (Phi) is 5.78. The molecule has 5 nitrogen and oxygen atoms in total. The predicted molar refractivity (Wildman–Crippen MR) is 75.5 cm³/mol. The van der Waals surface area contributed by atoms with Crippen LogP contribution in [0.4, 0.5) is 17.6 Å². The van der Waals surface area contributed by atoms with Crippen LogP contribution in [-0.2, 0) is 14.9 Å². The van der Waals surface area contributed by atoms with E-state index in [1.807, 2.05) is 22.6 Å². The number of esters is 1. The maximum atomic E-state index is 13.1. The maximum Gasteiger partial charge on any atom is 0.431 e. The molecule has 1 aromatic carbocycles. The molecule has 0 saturated heterocycles. The molecule has 0 atom stereocenters. The largest absolute Gasteiger partial charge is 0.462 e. The first kappa shape index (κ1) is 19.1. The molecule has 22 heavy (non-hydrogen) atoms. The minimum Gasteiger partial charge on any atom is -0.462 e. The molecule has 1 aromatic rings. The van der Waals surface area contributed by atoms with E-state index in [9.17, 15) is 30.8 Å². The van der Waals surface area contributed by atoms with Crippen molar-refractivity contribution >= 4 is 38.7 Å². The average Bonchev–Trinajstić information content (AvgIpc) is 2.37. The van der Waals surface area contributed by atoms with E-state index in [1.165, 1.54) is 24.3 Å². The normalized spacial score (nSPS) is 13.0. The molecule has 124 valence electrons. The lowest BCUT2D eigenvalue weighted by Gasteiger charge is -2.23. The monoisotopic (exact) mass is 456 g/mol. The topological polar surface area (TPSA) is 80.7 Å². The van der Waals surface area contributed by atoms with Gasteiger partial charge in [-0.05, 0) is 46.9 Å². The Labute approximate surface area is 136 Å². The summed E-state index contributed by atoms with van der Waals surface area (Å²) in [5, 5.41) is -5.67. The summed E-state index contributed by atoms with van der Waals surface area (Å²) in [6, 6.07) is 5.76. The second-order valence-corrected chi connectivity index (χ2v) is 6.80. The summed E-state index contributed by atoms with van der Waals surface area (Å²) in [4.78, 5) is 11.5. The van der Waals surface area contributed by atoms with Crippen molar-refractivity contribution in [1.29, 1.82) is 0 Å². The number of ether oxygens (including phenoxy) is 1. The molecule has 1 rings (SSSR count). The lowest BCUT2D eigenvalue weighted by atomic mass is 10.2. The number of halogens is 5. The molecule has 11 heteroatoms. The number of alkyl halides is 4. The zero-order chi connectivity index (χ0) is 17.2. The SMILES string of the molecule is O=C(OCCC(F)(F)C(F)(F)S(=O)(=O)O)c1ccc(I)cc1. The standard InChI is InChI=1S/C11H9F4IO5S/c12-10(13,11(14,15)22(18,19)20)5-6-21-9(17)7-1-3-8(16)4-2-7/h1-4H,5-6H2,(H,18,19,20). The van der Waals surface area contributed by atoms with E-state index in [-0.39, 0.29) is 5.56 Å². The third-order valence-electron chi connectivity index (χ3n) is 2.48. The Hall–Kier alpha value is -0.950. The number of rotatable bonds is 6. The molecule has 0 aliphatic carbocycles. The van der Waals surface area contributed by atoms with Crippen LogP contribution in [0.5, 0.6) is 0 Å². The van der Waals surface area contributed by atoms with Crippen LogP contribution < -0.4 is 0 Å². The summed E-state index contributed by atoms with van der Waals surface area (Å²) in [5.74, 6) is -6.12. The first-order chi connectivity index (χ1) is 9.88. The molecule has 0 fully saturated rings. The molecule has 0 aromatic heterocycles. The smallest absolute Gasteiger partial charge is 0.431 e. The minimum absolute atomic E-state index is 0.0188. The van der Waals surface area contributed by atoms with Gasteiger partial charge in [0, 0.05) is 3.57 Å². The van der Waals surface area contributed by atoms with Gasteiger partial charge in [-0.1, -0.05) is 0 Å². The van der Waals surface area contributed by atoms with Gasteiger partial charge in [-0.3, -0.25) is 4.55 Å². The Balaban J connectivity index is 2.67. The van der Waals surface area contributed by atoms with Crippen LogP contribution in [0.25, 0.3) is 0 Å². The minimum atomic E-state index is -6.29. The zero-order valence-electron chi connectivity index (χ0n) is 10.6. The van der Waals surface area contributed by atoms with Crippen molar-refractivity contribution in [3.05, 3.63) is 33.4 Å². The van der Waals surface area contributed by atoms with E-state index in [0.29, 0.717) is 0 Å². The van der Waals surface area contributed by atoms with E-state index in [1.54, 1.807) is 0 Å². The molecular weight excluding hydrogens is 447 g/mol. The van der Waals surface area contributed by atoms with Gasteiger partial charge in [0.25, 0.3) is 0 Å². The summed E-state index contributed by atoms with van der Waals surface area (Å²) in [6.45, 7) is -1.15. The Morgan fingerprint density at radius 1 is 1.18 bits per heavy atom. The van der Waals surface area contributed by atoms with Gasteiger partial charge < -0.3 is 4.74 Å². The van der Waals surface area contributed by atoms with Gasteiger partial charge in [0.15, 0.2) is 0 Å². The molecule has 1 N–H and O–H groups in total. The van der Waals surface area contributed by atoms with Gasteiger partial charge >= 0.3 is 27.3 Å². The lowest BCUT2D eigenvalue weighted by molar-refractivity contribution is -0.168. The number of hydrogen-bond acceptors (Lipinski definition) is 4. The molecule has 0 aliphatic heterocycles. The Morgan fingerprint density at radius 2 is 1.68 bits per heavy atom. The Bertz CT molecular complexity index is 645. The summed E-state index contributed by atoms with van der Waals surface area (Å²) in [7, 11) is -6.29. The van der Waals surface area contributed by atoms with Crippen LogP contribution in [0.3, 0.4) is 0 Å². The highest BCUT2D eigenvalue weighted by Gasteiger charge is 2.65. The van der Waals surface area contributed by atoms with Gasteiger partial charge in [0.1, 0.15) is 0 Å². The molecular formula is C11H9F4IO5S. The third kappa shape index (κ3) is 4.29. The Morgan fingerprint density at radius 3 is 2.14 bits per heavy atom. The molecule has 0 spiro atoms. The number of benzene rings is 1. The molecule has 0 amide bonds. The second-order valence-electron chi connectivity index (χ2n) is 4.09. The van der Waals surface area contributed by atoms with Crippen molar-refractivity contribution in [1.82, 2.24) is 0 Å². The van der Waals surface area contributed by atoms with E-state index >= 15 is 0 Å². The summed E-state index contributed by atoms with van der Waals surface area (Å²) in [6.07, 6.45) is -1.77. The quantitative estimate of drug-likeness (QED) is 0.308. The van der Waals surface area contributed by atoms with Crippen LogP contribution >= 0.6 is 22.6 Å². The molecule has 0 aliphatic rings. The van der Waals surface area contributed by atoms with E-state index in [2.05, 4.69) is 4.74 Å². The van der Waals surface area contributed by atoms with E-state index in [4.69, 9.17) is 4.55 Å². The van der Waals surface area contributed by atoms with Gasteiger partial charge in [0.2, 0.25) is 0 Å². The van der Waals surface area contributed by atoms with Gasteiger partial charge in [0.05, 0.1) is 18.6 Å². The second kappa shape index (κ2) is 6.66. The number of hydrogen-bond donors (Lipinski definition) is 1. The van der Waals surface area contributed by atoms with Gasteiger partial charge in [-0.15, -0.1) is 0 Å². The summed E-state index contributed by atoms with van der Waals surface area (Å²) >= 11 is 1.96. The first-order valence-corrected chi connectivity index (χ1v) is 8.06. The van der Waals surface area contributed by atoms with Crippen LogP contribution in [0.15, 0.2) is 24.3 Å². The molecule has 0 saturated carbocycles. The zero-order valence-corrected chi connectivity index (χ0v) is 13.6. The van der Waals surface area contributed by atoms with Gasteiger partial charge in [-0.25, -0.2) is 4.79 Å². The summed E-state index contributed by atoms with van der Waals surface area (Å²) < 4.78 is 85.8. The predicted octanol–water partition coefficient (Wildman–Crippen LogP) is 2.95. The van der Waals surface area contributed by atoms with Gasteiger partial charge in [-0.2, -0.15) is 26.0 Å². The van der Waals surface area contributed by atoms with E-state index in [0.717, 1.165) is 3.57 Å². The maximum absolute atomic E-state index is 13.1. The van der Waals surface area contributed by atoms with Crippen LogP contribution in [-0.4, -0.2) is 36.7 Å². The van der Waals surface area contributed by atoms with Crippen molar-refractivity contribution in [2.45, 2.75) is 17.6 Å². The highest BCUT2D eigenvalue weighted by Crippen LogP contribution is 2.40. The number of carbonyl (C=O) groups excluding carboxylic acids is 1. The fraction of sp³-hybridized carbons (Fsp3) is 0.364. The fourth-order valence-electron chi connectivity index (χ4n) is 1.28. The lowest BCUT2D eigenvalue weighted by Crippen LogP contribution is -2.47. The fourth-order valence-corrected chi connectivity index (χ4v) is 2.11. The van der Waals surface area contributed by atoms with Crippen molar-refractivity contribution in [3.8, 4) is 0 Å². The van der Waals surface area contributed by atoms with Crippen LogP contribution in [0.1, 0.15) is 16.8 Å². The molecule has 0 unspecified atom stereocenters. The van der Waals surface area contributed by atoms with Crippen molar-refractivity contribution in [2.24, 2.45) is 0 Å². The number of carbonyl (C=O) groups is 1.